The second kappa shape index (κ2) is 8.40. The summed E-state index contributed by atoms with van der Waals surface area (Å²) in [5, 5.41) is 3.35. The Morgan fingerprint density at radius 1 is 1.18 bits per heavy atom. The molecule has 2 amide bonds. The maximum atomic E-state index is 13.9. The third-order valence-corrected chi connectivity index (χ3v) is 8.03. The van der Waals surface area contributed by atoms with Gasteiger partial charge in [-0.2, -0.15) is 0 Å². The average Bonchev–Trinajstić information content (AvgIpc) is 3.40. The first-order chi connectivity index (χ1) is 15.9. The summed E-state index contributed by atoms with van der Waals surface area (Å²) >= 11 is 0. The van der Waals surface area contributed by atoms with E-state index in [1.807, 2.05) is 35.8 Å². The number of carbonyl (C=O) groups excluding carboxylic acids is 2. The van der Waals surface area contributed by atoms with E-state index in [4.69, 9.17) is 4.42 Å². The lowest BCUT2D eigenvalue weighted by molar-refractivity contribution is -0.134. The topological polar surface area (TPSA) is 67.5 Å². The lowest BCUT2D eigenvalue weighted by atomic mass is 9.77. The summed E-state index contributed by atoms with van der Waals surface area (Å²) in [6, 6.07) is 13.9. The van der Waals surface area contributed by atoms with Gasteiger partial charge in [-0.1, -0.05) is 57.0 Å². The summed E-state index contributed by atoms with van der Waals surface area (Å²) in [5.74, 6) is 0.823. The van der Waals surface area contributed by atoms with Crippen molar-refractivity contribution in [2.24, 2.45) is 11.8 Å². The van der Waals surface area contributed by atoms with Gasteiger partial charge >= 0.3 is 0 Å². The van der Waals surface area contributed by atoms with Gasteiger partial charge in [-0.15, -0.1) is 0 Å². The molecule has 5 rings (SSSR count). The minimum Gasteiger partial charge on any atom is -0.463 e. The maximum Gasteiger partial charge on any atom is 0.271 e. The van der Waals surface area contributed by atoms with E-state index >= 15 is 0 Å². The number of benzene rings is 1. The highest BCUT2D eigenvalue weighted by Crippen LogP contribution is 2.34. The molecule has 174 valence electrons. The third-order valence-electron chi connectivity index (χ3n) is 8.03. The largest absolute Gasteiger partial charge is 0.463 e. The Hall–Kier alpha value is -3.02. The highest BCUT2D eigenvalue weighted by Gasteiger charge is 2.48. The smallest absolute Gasteiger partial charge is 0.271 e. The molecule has 33 heavy (non-hydrogen) atoms. The lowest BCUT2D eigenvalue weighted by Crippen LogP contribution is -2.65. The van der Waals surface area contributed by atoms with Crippen molar-refractivity contribution in [1.29, 1.82) is 0 Å². The van der Waals surface area contributed by atoms with Gasteiger partial charge < -0.3 is 19.2 Å². The van der Waals surface area contributed by atoms with E-state index in [2.05, 4.69) is 31.3 Å². The summed E-state index contributed by atoms with van der Waals surface area (Å²) in [5.41, 5.74) is 2.29. The number of amides is 2. The molecule has 2 aromatic heterocycles. The zero-order valence-corrected chi connectivity index (χ0v) is 19.7. The number of nitrogens with zero attached hydrogens (tertiary/aromatic N) is 2. The van der Waals surface area contributed by atoms with Gasteiger partial charge in [0.05, 0.1) is 18.3 Å². The summed E-state index contributed by atoms with van der Waals surface area (Å²) in [7, 11) is 0. The molecule has 1 saturated carbocycles. The first-order valence-corrected chi connectivity index (χ1v) is 12.1. The quantitative estimate of drug-likeness (QED) is 0.620. The van der Waals surface area contributed by atoms with Gasteiger partial charge in [-0.05, 0) is 37.2 Å². The molecule has 0 spiro atoms. The van der Waals surface area contributed by atoms with Crippen LogP contribution in [0.2, 0.25) is 0 Å². The van der Waals surface area contributed by atoms with E-state index in [1.165, 1.54) is 6.42 Å². The summed E-state index contributed by atoms with van der Waals surface area (Å²) in [6.07, 6.45) is 5.65. The van der Waals surface area contributed by atoms with Gasteiger partial charge in [-0.25, -0.2) is 0 Å². The number of hydrogen-bond acceptors (Lipinski definition) is 3. The Balaban J connectivity index is 1.47. The van der Waals surface area contributed by atoms with Crippen LogP contribution in [0.4, 0.5) is 0 Å². The van der Waals surface area contributed by atoms with Crippen molar-refractivity contribution < 1.29 is 14.0 Å². The predicted molar refractivity (Wildman–Crippen MR) is 128 cm³/mol. The van der Waals surface area contributed by atoms with Crippen LogP contribution in [-0.2, 0) is 17.8 Å². The molecule has 1 fully saturated rings. The maximum absolute atomic E-state index is 13.9. The molecule has 1 aliphatic carbocycles. The molecule has 4 unspecified atom stereocenters. The standard InChI is InChI=1S/C27H33N3O3/c1-18-8-7-11-21(19(18)2)28-26(32)27(3)17-29-22-13-15-33-24(22)16-23(29)25(31)30(27)14-12-20-9-5-4-6-10-20/h4-6,9-10,13,15-16,18-19,21H,7-8,11-12,14,17H2,1-3H3,(H,28,32). The number of hydrogen-bond donors (Lipinski definition) is 1. The number of carbonyl (C=O) groups is 2. The van der Waals surface area contributed by atoms with Crippen molar-refractivity contribution >= 4 is 22.9 Å². The lowest BCUT2D eigenvalue weighted by Gasteiger charge is -2.45. The first-order valence-electron chi connectivity index (χ1n) is 12.1. The van der Waals surface area contributed by atoms with Crippen LogP contribution in [0.25, 0.3) is 11.1 Å². The van der Waals surface area contributed by atoms with Gasteiger partial charge in [0.15, 0.2) is 5.58 Å². The number of fused-ring (bicyclic) bond motifs is 3. The van der Waals surface area contributed by atoms with Crippen molar-refractivity contribution in [2.75, 3.05) is 6.54 Å². The Bertz CT molecular complexity index is 1160. The number of aromatic nitrogens is 1. The van der Waals surface area contributed by atoms with E-state index in [0.29, 0.717) is 42.6 Å². The summed E-state index contributed by atoms with van der Waals surface area (Å²) < 4.78 is 7.52. The van der Waals surface area contributed by atoms with Crippen molar-refractivity contribution in [2.45, 2.75) is 64.6 Å². The first kappa shape index (κ1) is 21.8. The zero-order valence-electron chi connectivity index (χ0n) is 19.7. The second-order valence-electron chi connectivity index (χ2n) is 10.1. The van der Waals surface area contributed by atoms with E-state index in [0.717, 1.165) is 23.9 Å². The Morgan fingerprint density at radius 3 is 2.76 bits per heavy atom. The Labute approximate surface area is 194 Å². The molecule has 0 bridgehead atoms. The van der Waals surface area contributed by atoms with E-state index in [1.54, 1.807) is 17.2 Å². The van der Waals surface area contributed by atoms with Gasteiger partial charge in [0.1, 0.15) is 11.2 Å². The molecule has 4 atom stereocenters. The van der Waals surface area contributed by atoms with Crippen molar-refractivity contribution in [1.82, 2.24) is 14.8 Å². The van der Waals surface area contributed by atoms with E-state index in [-0.39, 0.29) is 17.9 Å². The van der Waals surface area contributed by atoms with E-state index in [9.17, 15) is 9.59 Å². The van der Waals surface area contributed by atoms with Crippen molar-refractivity contribution in [3.8, 4) is 0 Å². The normalized spacial score (nSPS) is 27.5. The van der Waals surface area contributed by atoms with Crippen LogP contribution >= 0.6 is 0 Å². The minimum atomic E-state index is -0.984. The van der Waals surface area contributed by atoms with Crippen LogP contribution in [0.3, 0.4) is 0 Å². The molecule has 1 aliphatic heterocycles. The van der Waals surface area contributed by atoms with E-state index < -0.39 is 5.54 Å². The fourth-order valence-corrected chi connectivity index (χ4v) is 5.62. The van der Waals surface area contributed by atoms with Crippen LogP contribution in [0.5, 0.6) is 0 Å². The highest BCUT2D eigenvalue weighted by atomic mass is 16.3. The van der Waals surface area contributed by atoms with Crippen LogP contribution in [0.1, 0.15) is 56.1 Å². The third kappa shape index (κ3) is 3.75. The number of furan rings is 1. The van der Waals surface area contributed by atoms with Gasteiger partial charge in [-0.3, -0.25) is 9.59 Å². The molecule has 3 aromatic rings. The highest BCUT2D eigenvalue weighted by molar-refractivity contribution is 6.02. The molecule has 6 nitrogen and oxygen atoms in total. The fraction of sp³-hybridized carbons (Fsp3) is 0.481. The van der Waals surface area contributed by atoms with Gasteiger partial charge in [0, 0.05) is 24.7 Å². The molecule has 6 heteroatoms. The van der Waals surface area contributed by atoms with Crippen LogP contribution in [0.15, 0.2) is 53.1 Å². The SMILES string of the molecule is CC1CCCC(NC(=O)C2(C)Cn3c(cc4occc43)C(=O)N2CCc2ccccc2)C1C. The van der Waals surface area contributed by atoms with Crippen LogP contribution in [0, 0.1) is 11.8 Å². The number of nitrogens with one attached hydrogen (secondary N) is 1. The molecule has 3 heterocycles. The zero-order chi connectivity index (χ0) is 23.2. The van der Waals surface area contributed by atoms with Gasteiger partial charge in [0.25, 0.3) is 5.91 Å². The molecular weight excluding hydrogens is 414 g/mol. The van der Waals surface area contributed by atoms with Crippen molar-refractivity contribution in [3.05, 3.63) is 60.0 Å². The minimum absolute atomic E-state index is 0.0640. The Morgan fingerprint density at radius 2 is 1.97 bits per heavy atom. The van der Waals surface area contributed by atoms with Crippen LogP contribution in [-0.4, -0.2) is 39.4 Å². The van der Waals surface area contributed by atoms with Crippen molar-refractivity contribution in [3.63, 3.8) is 0 Å². The monoisotopic (exact) mass is 447 g/mol. The van der Waals surface area contributed by atoms with Crippen LogP contribution < -0.4 is 5.32 Å². The molecule has 2 aliphatic rings. The number of rotatable bonds is 5. The second-order valence-corrected chi connectivity index (χ2v) is 10.1. The average molecular weight is 448 g/mol. The Kier molecular flexibility index (Phi) is 5.55. The van der Waals surface area contributed by atoms with Gasteiger partial charge in [0.2, 0.25) is 5.91 Å². The summed E-state index contributed by atoms with van der Waals surface area (Å²) in [4.78, 5) is 29.4. The molecule has 0 saturated heterocycles. The summed E-state index contributed by atoms with van der Waals surface area (Å²) in [6.45, 7) is 7.30. The fourth-order valence-electron chi connectivity index (χ4n) is 5.62. The molecule has 0 radical (unpaired) electrons. The molecule has 1 N–H and O–H groups in total. The molecule has 1 aromatic carbocycles. The molecular formula is C27H33N3O3. The predicted octanol–water partition coefficient (Wildman–Crippen LogP) is 4.63.